The summed E-state index contributed by atoms with van der Waals surface area (Å²) in [6, 6.07) is 0. The molecule has 0 spiro atoms. The summed E-state index contributed by atoms with van der Waals surface area (Å²) in [6.07, 6.45) is 2.17. The summed E-state index contributed by atoms with van der Waals surface area (Å²) >= 11 is 3.58. The molecule has 13 heavy (non-hydrogen) atoms. The minimum absolute atomic E-state index is 0.855. The van der Waals surface area contributed by atoms with Crippen molar-refractivity contribution in [2.24, 2.45) is 7.05 Å². The van der Waals surface area contributed by atoms with E-state index >= 15 is 0 Å². The fourth-order valence-electron chi connectivity index (χ4n) is 1.35. The second-order valence-electron chi connectivity index (χ2n) is 3.11. The third-order valence-electron chi connectivity index (χ3n) is 2.00. The Morgan fingerprint density at radius 1 is 1.54 bits per heavy atom. The van der Waals surface area contributed by atoms with Gasteiger partial charge < -0.3 is 5.32 Å². The molecule has 4 heteroatoms. The second kappa shape index (κ2) is 4.77. The van der Waals surface area contributed by atoms with Crippen molar-refractivity contribution in [1.29, 1.82) is 0 Å². The number of hydrogen-bond donors (Lipinski definition) is 1. The summed E-state index contributed by atoms with van der Waals surface area (Å²) in [4.78, 5) is 0. The fourth-order valence-corrected chi connectivity index (χ4v) is 2.02. The molecule has 74 valence electrons. The van der Waals surface area contributed by atoms with Crippen LogP contribution in [0.5, 0.6) is 0 Å². The Labute approximate surface area is 87.6 Å². The number of halogens is 1. The van der Waals surface area contributed by atoms with E-state index < -0.39 is 0 Å². The Balaban J connectivity index is 2.92. The predicted octanol–water partition coefficient (Wildman–Crippen LogP) is 1.85. The van der Waals surface area contributed by atoms with E-state index in [1.807, 2.05) is 18.8 Å². The lowest BCUT2D eigenvalue weighted by atomic mass is 10.2. The molecule has 1 N–H and O–H groups in total. The number of aryl methyl sites for hydroxylation is 2. The molecule has 1 heterocycles. The highest BCUT2D eigenvalue weighted by Gasteiger charge is 2.11. The smallest absolute Gasteiger partial charge is 0.0769 e. The van der Waals surface area contributed by atoms with Gasteiger partial charge >= 0.3 is 0 Å². The summed E-state index contributed by atoms with van der Waals surface area (Å²) in [5.74, 6) is 0. The third-order valence-corrected chi connectivity index (χ3v) is 2.91. The van der Waals surface area contributed by atoms with Crippen LogP contribution in [0.4, 0.5) is 0 Å². The van der Waals surface area contributed by atoms with Gasteiger partial charge in [-0.1, -0.05) is 13.3 Å². The van der Waals surface area contributed by atoms with E-state index in [4.69, 9.17) is 0 Å². The lowest BCUT2D eigenvalue weighted by Crippen LogP contribution is -2.10. The highest BCUT2D eigenvalue weighted by Crippen LogP contribution is 2.21. The summed E-state index contributed by atoms with van der Waals surface area (Å²) < 4.78 is 3.09. The van der Waals surface area contributed by atoms with Crippen LogP contribution in [0.1, 0.15) is 24.7 Å². The maximum absolute atomic E-state index is 4.45. The molecule has 1 aromatic rings. The van der Waals surface area contributed by atoms with Gasteiger partial charge in [0.1, 0.15) is 0 Å². The molecule has 0 saturated heterocycles. The Bertz CT molecular complexity index is 281. The topological polar surface area (TPSA) is 29.9 Å². The molecule has 0 amide bonds. The zero-order valence-corrected chi connectivity index (χ0v) is 9.98. The molecule has 0 bridgehead atoms. The average molecular weight is 246 g/mol. The van der Waals surface area contributed by atoms with Crippen molar-refractivity contribution in [3.63, 3.8) is 0 Å². The first-order chi connectivity index (χ1) is 6.20. The van der Waals surface area contributed by atoms with E-state index in [9.17, 15) is 0 Å². The van der Waals surface area contributed by atoms with Crippen LogP contribution >= 0.6 is 15.9 Å². The minimum atomic E-state index is 0.855. The average Bonchev–Trinajstić information content (AvgIpc) is 2.34. The lowest BCUT2D eigenvalue weighted by Gasteiger charge is -2.00. The first-order valence-electron chi connectivity index (χ1n) is 4.55. The molecule has 0 unspecified atom stereocenters. The van der Waals surface area contributed by atoms with E-state index in [2.05, 4.69) is 33.3 Å². The molecule has 1 rings (SSSR count). The van der Waals surface area contributed by atoms with Crippen LogP contribution < -0.4 is 5.32 Å². The van der Waals surface area contributed by atoms with Gasteiger partial charge in [-0.25, -0.2) is 0 Å². The molecule has 0 radical (unpaired) electrons. The summed E-state index contributed by atoms with van der Waals surface area (Å²) in [7, 11) is 3.93. The van der Waals surface area contributed by atoms with Gasteiger partial charge in [0.05, 0.1) is 15.9 Å². The fraction of sp³-hybridized carbons (Fsp3) is 0.667. The van der Waals surface area contributed by atoms with Gasteiger partial charge in [0.15, 0.2) is 0 Å². The summed E-state index contributed by atoms with van der Waals surface area (Å²) in [5, 5.41) is 7.58. The quantitative estimate of drug-likeness (QED) is 0.878. The first kappa shape index (κ1) is 10.7. The molecule has 0 aliphatic heterocycles. The van der Waals surface area contributed by atoms with Gasteiger partial charge in [0.2, 0.25) is 0 Å². The molecule has 3 nitrogen and oxygen atoms in total. The van der Waals surface area contributed by atoms with Crippen molar-refractivity contribution in [1.82, 2.24) is 15.1 Å². The van der Waals surface area contributed by atoms with Crippen LogP contribution in [0, 0.1) is 0 Å². The van der Waals surface area contributed by atoms with Crippen LogP contribution in [0.2, 0.25) is 0 Å². The van der Waals surface area contributed by atoms with Crippen molar-refractivity contribution >= 4 is 15.9 Å². The largest absolute Gasteiger partial charge is 0.314 e. The van der Waals surface area contributed by atoms with Crippen LogP contribution in [0.15, 0.2) is 4.47 Å². The number of hydrogen-bond acceptors (Lipinski definition) is 2. The molecule has 0 aliphatic carbocycles. The number of rotatable bonds is 4. The number of aromatic nitrogens is 2. The second-order valence-corrected chi connectivity index (χ2v) is 3.90. The van der Waals surface area contributed by atoms with Gasteiger partial charge in [-0.05, 0) is 29.4 Å². The lowest BCUT2D eigenvalue weighted by molar-refractivity contribution is 0.662. The maximum Gasteiger partial charge on any atom is 0.0769 e. The Morgan fingerprint density at radius 2 is 2.23 bits per heavy atom. The van der Waals surface area contributed by atoms with E-state index in [0.29, 0.717) is 0 Å². The standard InChI is InChI=1S/C9H16BrN3/c1-4-5-7-9(10)8(6-11-2)13(3)12-7/h11H,4-6H2,1-3H3. The zero-order valence-electron chi connectivity index (χ0n) is 8.39. The van der Waals surface area contributed by atoms with Gasteiger partial charge in [-0.2, -0.15) is 5.10 Å². The molecule has 0 aromatic carbocycles. The molecule has 0 atom stereocenters. The molecular weight excluding hydrogens is 230 g/mol. The van der Waals surface area contributed by atoms with Gasteiger partial charge in [-0.15, -0.1) is 0 Å². The monoisotopic (exact) mass is 245 g/mol. The highest BCUT2D eigenvalue weighted by molar-refractivity contribution is 9.10. The zero-order chi connectivity index (χ0) is 9.84. The van der Waals surface area contributed by atoms with Crippen LogP contribution in [0.25, 0.3) is 0 Å². The van der Waals surface area contributed by atoms with Crippen molar-refractivity contribution in [2.75, 3.05) is 7.05 Å². The van der Waals surface area contributed by atoms with Crippen molar-refractivity contribution in [2.45, 2.75) is 26.3 Å². The SMILES string of the molecule is CCCc1nn(C)c(CNC)c1Br. The van der Waals surface area contributed by atoms with Gasteiger partial charge in [0.25, 0.3) is 0 Å². The Kier molecular flexibility index (Phi) is 3.93. The third kappa shape index (κ3) is 2.31. The molecule has 1 aromatic heterocycles. The number of nitrogens with zero attached hydrogens (tertiary/aromatic N) is 2. The van der Waals surface area contributed by atoms with Crippen LogP contribution in [-0.2, 0) is 20.0 Å². The van der Waals surface area contributed by atoms with Crippen molar-refractivity contribution < 1.29 is 0 Å². The summed E-state index contributed by atoms with van der Waals surface area (Å²) in [6.45, 7) is 3.02. The molecule has 0 saturated carbocycles. The summed E-state index contributed by atoms with van der Waals surface area (Å²) in [5.41, 5.74) is 2.38. The minimum Gasteiger partial charge on any atom is -0.314 e. The van der Waals surface area contributed by atoms with Crippen LogP contribution in [0.3, 0.4) is 0 Å². The predicted molar refractivity (Wildman–Crippen MR) is 57.7 cm³/mol. The van der Waals surface area contributed by atoms with Crippen LogP contribution in [-0.4, -0.2) is 16.8 Å². The molecular formula is C9H16BrN3. The van der Waals surface area contributed by atoms with Gasteiger partial charge in [-0.3, -0.25) is 4.68 Å². The highest BCUT2D eigenvalue weighted by atomic mass is 79.9. The van der Waals surface area contributed by atoms with E-state index in [1.54, 1.807) is 0 Å². The first-order valence-corrected chi connectivity index (χ1v) is 5.34. The molecule has 0 fully saturated rings. The van der Waals surface area contributed by atoms with Crippen molar-refractivity contribution in [3.05, 3.63) is 15.9 Å². The maximum atomic E-state index is 4.45. The Morgan fingerprint density at radius 3 is 2.77 bits per heavy atom. The normalized spacial score (nSPS) is 10.8. The molecule has 0 aliphatic rings. The van der Waals surface area contributed by atoms with Gasteiger partial charge in [0, 0.05) is 13.6 Å². The van der Waals surface area contributed by atoms with E-state index in [0.717, 1.165) is 29.6 Å². The van der Waals surface area contributed by atoms with Crippen molar-refractivity contribution in [3.8, 4) is 0 Å². The Hall–Kier alpha value is -0.350. The number of nitrogens with one attached hydrogen (secondary N) is 1. The van der Waals surface area contributed by atoms with E-state index in [1.165, 1.54) is 5.69 Å². The van der Waals surface area contributed by atoms with E-state index in [-0.39, 0.29) is 0 Å².